The predicted molar refractivity (Wildman–Crippen MR) is 56.9 cm³/mol. The summed E-state index contributed by atoms with van der Waals surface area (Å²) in [7, 11) is -3.32. The van der Waals surface area contributed by atoms with E-state index in [1.807, 2.05) is 0 Å². The number of sulfonamides is 1. The molecule has 1 aliphatic heterocycles. The molecule has 1 aromatic rings. The Balaban J connectivity index is 2.26. The van der Waals surface area contributed by atoms with Crippen LogP contribution in [0.2, 0.25) is 0 Å². The van der Waals surface area contributed by atoms with Crippen molar-refractivity contribution in [1.82, 2.24) is 9.62 Å². The third-order valence-corrected chi connectivity index (χ3v) is 4.23. The number of nitrogens with zero attached hydrogens (tertiary/aromatic N) is 1. The number of nitrogens with one attached hydrogen (secondary N) is 1. The number of piperazine rings is 1. The second-order valence-electron chi connectivity index (χ2n) is 3.38. The lowest BCUT2D eigenvalue weighted by molar-refractivity contribution is 0.360. The van der Waals surface area contributed by atoms with Crippen molar-refractivity contribution in [3.05, 3.63) is 30.3 Å². The molecule has 81 valence electrons. The third kappa shape index (κ3) is 2.19. The minimum Gasteiger partial charge on any atom is -0.314 e. The average molecular weight is 225 g/mol. The summed E-state index contributed by atoms with van der Waals surface area (Å²) >= 11 is 0. The van der Waals surface area contributed by atoms with Crippen molar-refractivity contribution in [2.45, 2.75) is 4.90 Å². The average Bonchev–Trinajstić information content (AvgIpc) is 2.31. The summed E-state index contributed by atoms with van der Waals surface area (Å²) in [5.41, 5.74) is 0. The van der Waals surface area contributed by atoms with Gasteiger partial charge in [-0.3, -0.25) is 0 Å². The fourth-order valence-corrected chi connectivity index (χ4v) is 2.97. The van der Waals surface area contributed by atoms with Gasteiger partial charge in [0.05, 0.1) is 4.90 Å². The van der Waals surface area contributed by atoms with Crippen molar-refractivity contribution in [2.75, 3.05) is 26.2 Å². The second kappa shape index (κ2) is 4.30. The molecule has 0 saturated carbocycles. The van der Waals surface area contributed by atoms with Crippen LogP contribution in [-0.4, -0.2) is 38.9 Å². The topological polar surface area (TPSA) is 49.4 Å². The highest BCUT2D eigenvalue weighted by Crippen LogP contribution is 2.14. The van der Waals surface area contributed by atoms with Gasteiger partial charge >= 0.3 is 0 Å². The van der Waals surface area contributed by atoms with E-state index in [0.29, 0.717) is 26.2 Å². The molecule has 15 heavy (non-hydrogen) atoms. The Hall–Kier alpha value is -0.910. The Morgan fingerprint density at radius 2 is 2.00 bits per heavy atom. The van der Waals surface area contributed by atoms with Gasteiger partial charge in [0.1, 0.15) is 0 Å². The smallest absolute Gasteiger partial charge is 0.243 e. The molecule has 0 bridgehead atoms. The summed E-state index contributed by atoms with van der Waals surface area (Å²) < 4.78 is 25.6. The van der Waals surface area contributed by atoms with Crippen LogP contribution in [0, 0.1) is 6.07 Å². The van der Waals surface area contributed by atoms with Gasteiger partial charge in [-0.2, -0.15) is 4.31 Å². The Morgan fingerprint density at radius 1 is 1.27 bits per heavy atom. The van der Waals surface area contributed by atoms with Gasteiger partial charge in [-0.15, -0.1) is 0 Å². The minimum atomic E-state index is -3.32. The highest BCUT2D eigenvalue weighted by atomic mass is 32.2. The van der Waals surface area contributed by atoms with Crippen molar-refractivity contribution in [3.63, 3.8) is 0 Å². The van der Waals surface area contributed by atoms with Crippen LogP contribution in [0.4, 0.5) is 0 Å². The lowest BCUT2D eigenvalue weighted by Gasteiger charge is -2.26. The van der Waals surface area contributed by atoms with E-state index in [0.717, 1.165) is 0 Å². The van der Waals surface area contributed by atoms with E-state index in [1.165, 1.54) is 4.31 Å². The molecule has 0 amide bonds. The van der Waals surface area contributed by atoms with E-state index in [1.54, 1.807) is 24.3 Å². The molecule has 0 atom stereocenters. The zero-order valence-corrected chi connectivity index (χ0v) is 9.13. The predicted octanol–water partition coefficient (Wildman–Crippen LogP) is 0.0807. The molecule has 0 spiro atoms. The third-order valence-electron chi connectivity index (χ3n) is 2.37. The molecule has 1 aliphatic rings. The van der Waals surface area contributed by atoms with Gasteiger partial charge in [0.25, 0.3) is 0 Å². The molecule has 0 unspecified atom stereocenters. The van der Waals surface area contributed by atoms with E-state index < -0.39 is 10.0 Å². The Labute approximate surface area is 90.0 Å². The van der Waals surface area contributed by atoms with E-state index >= 15 is 0 Å². The monoisotopic (exact) mass is 225 g/mol. The van der Waals surface area contributed by atoms with Crippen LogP contribution in [0.1, 0.15) is 0 Å². The van der Waals surface area contributed by atoms with Gasteiger partial charge in [-0.1, -0.05) is 18.2 Å². The molecule has 1 aromatic carbocycles. The van der Waals surface area contributed by atoms with Crippen molar-refractivity contribution in [1.29, 1.82) is 0 Å². The van der Waals surface area contributed by atoms with E-state index in [2.05, 4.69) is 11.4 Å². The molecule has 1 saturated heterocycles. The summed E-state index contributed by atoms with van der Waals surface area (Å²) in [6, 6.07) is 9.43. The molecule has 1 heterocycles. The molecular weight excluding hydrogens is 212 g/mol. The van der Waals surface area contributed by atoms with Crippen LogP contribution in [0.15, 0.2) is 29.2 Å². The molecule has 1 N–H and O–H groups in total. The van der Waals surface area contributed by atoms with Crippen LogP contribution in [0.3, 0.4) is 0 Å². The summed E-state index contributed by atoms with van der Waals surface area (Å²) in [5, 5.41) is 3.12. The summed E-state index contributed by atoms with van der Waals surface area (Å²) in [6.07, 6.45) is 0. The summed E-state index contributed by atoms with van der Waals surface area (Å²) in [5.74, 6) is 0. The van der Waals surface area contributed by atoms with E-state index in [-0.39, 0.29) is 4.90 Å². The maximum absolute atomic E-state index is 12.1. The first-order chi connectivity index (χ1) is 7.21. The maximum Gasteiger partial charge on any atom is 0.243 e. The highest BCUT2D eigenvalue weighted by molar-refractivity contribution is 7.89. The zero-order chi connectivity index (χ0) is 10.7. The van der Waals surface area contributed by atoms with Crippen molar-refractivity contribution < 1.29 is 8.42 Å². The summed E-state index contributed by atoms with van der Waals surface area (Å²) in [6.45, 7) is 2.49. The quantitative estimate of drug-likeness (QED) is 0.775. The van der Waals surface area contributed by atoms with Gasteiger partial charge in [-0.05, 0) is 6.07 Å². The molecule has 2 rings (SSSR count). The standard InChI is InChI=1S/C10H13N2O2S/c13-15(14,10-4-2-1-3-5-10)12-8-6-11-7-9-12/h1-4,11H,6-9H2. The first-order valence-electron chi connectivity index (χ1n) is 4.89. The molecule has 0 aliphatic carbocycles. The molecular formula is C10H13N2O2S. The van der Waals surface area contributed by atoms with Gasteiger partial charge < -0.3 is 5.32 Å². The van der Waals surface area contributed by atoms with Crippen molar-refractivity contribution in [2.24, 2.45) is 0 Å². The van der Waals surface area contributed by atoms with Gasteiger partial charge in [-0.25, -0.2) is 8.42 Å². The molecule has 5 heteroatoms. The van der Waals surface area contributed by atoms with Crippen LogP contribution >= 0.6 is 0 Å². The highest BCUT2D eigenvalue weighted by Gasteiger charge is 2.25. The Morgan fingerprint density at radius 3 is 2.60 bits per heavy atom. The number of hydrogen-bond acceptors (Lipinski definition) is 3. The normalized spacial score (nSPS) is 18.9. The van der Waals surface area contributed by atoms with Crippen molar-refractivity contribution >= 4 is 10.0 Å². The zero-order valence-electron chi connectivity index (χ0n) is 8.31. The minimum absolute atomic E-state index is 0.256. The van der Waals surface area contributed by atoms with Crippen LogP contribution in [0.5, 0.6) is 0 Å². The maximum atomic E-state index is 12.1. The second-order valence-corrected chi connectivity index (χ2v) is 5.29. The van der Waals surface area contributed by atoms with Gasteiger partial charge in [0.2, 0.25) is 10.0 Å². The Kier molecular flexibility index (Phi) is 3.04. The van der Waals surface area contributed by atoms with Gasteiger partial charge in [0.15, 0.2) is 0 Å². The molecule has 4 nitrogen and oxygen atoms in total. The van der Waals surface area contributed by atoms with Crippen LogP contribution in [-0.2, 0) is 10.0 Å². The Bertz CT molecular complexity index is 410. The van der Waals surface area contributed by atoms with Gasteiger partial charge in [0, 0.05) is 32.2 Å². The fourth-order valence-electron chi connectivity index (χ4n) is 1.56. The molecule has 1 fully saturated rings. The number of benzene rings is 1. The lowest BCUT2D eigenvalue weighted by Crippen LogP contribution is -2.46. The molecule has 1 radical (unpaired) electrons. The SMILES string of the molecule is O=S(=O)(c1[c]cccc1)N1CCNCC1. The van der Waals surface area contributed by atoms with Crippen LogP contribution in [0.25, 0.3) is 0 Å². The molecule has 0 aromatic heterocycles. The van der Waals surface area contributed by atoms with E-state index in [9.17, 15) is 8.42 Å². The number of hydrogen-bond donors (Lipinski definition) is 1. The first kappa shape index (κ1) is 10.6. The summed E-state index contributed by atoms with van der Waals surface area (Å²) in [4.78, 5) is 0.256. The van der Waals surface area contributed by atoms with Crippen LogP contribution < -0.4 is 5.32 Å². The van der Waals surface area contributed by atoms with E-state index in [4.69, 9.17) is 0 Å². The fraction of sp³-hybridized carbons (Fsp3) is 0.400. The number of rotatable bonds is 2. The lowest BCUT2D eigenvalue weighted by atomic mass is 10.4. The first-order valence-corrected chi connectivity index (χ1v) is 6.33. The van der Waals surface area contributed by atoms with Crippen molar-refractivity contribution in [3.8, 4) is 0 Å². The largest absolute Gasteiger partial charge is 0.314 e.